The molecule has 0 bridgehead atoms. The van der Waals surface area contributed by atoms with Gasteiger partial charge >= 0.3 is 0 Å². The van der Waals surface area contributed by atoms with Gasteiger partial charge in [0.15, 0.2) is 5.96 Å². The molecule has 0 fully saturated rings. The molecule has 1 aromatic carbocycles. The van der Waals surface area contributed by atoms with E-state index in [0.29, 0.717) is 31.6 Å². The summed E-state index contributed by atoms with van der Waals surface area (Å²) in [4.78, 5) is 5.75. The fourth-order valence-electron chi connectivity index (χ4n) is 2.22. The second-order valence-electron chi connectivity index (χ2n) is 5.29. The van der Waals surface area contributed by atoms with Crippen molar-refractivity contribution in [2.75, 3.05) is 25.1 Å². The first-order valence-electron chi connectivity index (χ1n) is 8.14. The zero-order chi connectivity index (χ0) is 17.4. The van der Waals surface area contributed by atoms with E-state index in [9.17, 15) is 0 Å². The van der Waals surface area contributed by atoms with E-state index in [2.05, 4.69) is 34.7 Å². The summed E-state index contributed by atoms with van der Waals surface area (Å²) in [5, 5.41) is 5.20. The van der Waals surface area contributed by atoms with Crippen molar-refractivity contribution in [3.8, 4) is 11.5 Å². The predicted molar refractivity (Wildman–Crippen MR) is 117 cm³/mol. The Morgan fingerprint density at radius 3 is 2.64 bits per heavy atom. The van der Waals surface area contributed by atoms with E-state index in [1.807, 2.05) is 32.0 Å². The fraction of sp³-hybridized carbons (Fsp3) is 0.389. The van der Waals surface area contributed by atoms with Crippen molar-refractivity contribution in [2.24, 2.45) is 10.7 Å². The van der Waals surface area contributed by atoms with Gasteiger partial charge in [-0.05, 0) is 37.4 Å². The number of ether oxygens (including phenoxy) is 2. The van der Waals surface area contributed by atoms with Gasteiger partial charge in [-0.2, -0.15) is 0 Å². The van der Waals surface area contributed by atoms with Crippen LogP contribution >= 0.6 is 35.3 Å². The number of rotatable bonds is 8. The van der Waals surface area contributed by atoms with Crippen LogP contribution in [0.4, 0.5) is 5.69 Å². The van der Waals surface area contributed by atoms with E-state index in [0.717, 1.165) is 17.2 Å². The smallest absolute Gasteiger partial charge is 0.193 e. The van der Waals surface area contributed by atoms with Gasteiger partial charge < -0.3 is 20.5 Å². The maximum atomic E-state index is 6.04. The molecule has 0 aliphatic carbocycles. The first-order valence-corrected chi connectivity index (χ1v) is 9.02. The summed E-state index contributed by atoms with van der Waals surface area (Å²) in [6.45, 7) is 7.86. The second kappa shape index (κ2) is 11.2. The molecule has 1 unspecified atom stereocenters. The average Bonchev–Trinajstić information content (AvgIpc) is 3.10. The lowest BCUT2D eigenvalue weighted by Gasteiger charge is -2.14. The number of anilines is 1. The van der Waals surface area contributed by atoms with Crippen molar-refractivity contribution in [3.05, 3.63) is 40.6 Å². The van der Waals surface area contributed by atoms with Crippen LogP contribution in [0.5, 0.6) is 11.5 Å². The van der Waals surface area contributed by atoms with Gasteiger partial charge in [0.2, 0.25) is 0 Å². The third-order valence-corrected chi connectivity index (χ3v) is 4.49. The summed E-state index contributed by atoms with van der Waals surface area (Å²) in [5.41, 5.74) is 6.80. The summed E-state index contributed by atoms with van der Waals surface area (Å²) in [7, 11) is 0. The van der Waals surface area contributed by atoms with Crippen LogP contribution in [0.25, 0.3) is 0 Å². The minimum atomic E-state index is 0. The van der Waals surface area contributed by atoms with Crippen molar-refractivity contribution in [1.29, 1.82) is 0 Å². The topological polar surface area (TPSA) is 68.9 Å². The Labute approximate surface area is 170 Å². The standard InChI is InChI=1S/C18H25N3O2S.HI/c1-4-22-14-8-9-16(23-5-2)15(11-14)21-18(19)20-12-13(3)17-7-6-10-24-17;/h6-11,13H,4-5,12H2,1-3H3,(H3,19,20,21);1H. The zero-order valence-electron chi connectivity index (χ0n) is 14.8. The molecule has 1 aromatic heterocycles. The van der Waals surface area contributed by atoms with E-state index >= 15 is 0 Å². The van der Waals surface area contributed by atoms with E-state index in [-0.39, 0.29) is 24.0 Å². The van der Waals surface area contributed by atoms with Gasteiger partial charge in [-0.25, -0.2) is 0 Å². The molecule has 0 saturated carbocycles. The Hall–Kier alpha value is -1.48. The van der Waals surface area contributed by atoms with Gasteiger partial charge in [-0.3, -0.25) is 4.99 Å². The van der Waals surface area contributed by atoms with E-state index in [1.54, 1.807) is 11.3 Å². The SMILES string of the molecule is CCOc1ccc(OCC)c(NC(N)=NCC(C)c2cccs2)c1.I. The summed E-state index contributed by atoms with van der Waals surface area (Å²) in [6, 6.07) is 9.80. The molecular formula is C18H26IN3O2S. The molecule has 7 heteroatoms. The van der Waals surface area contributed by atoms with Crippen molar-refractivity contribution < 1.29 is 9.47 Å². The molecule has 2 rings (SSSR count). The van der Waals surface area contributed by atoms with E-state index in [4.69, 9.17) is 15.2 Å². The van der Waals surface area contributed by atoms with Gasteiger partial charge in [0.05, 0.1) is 25.4 Å². The van der Waals surface area contributed by atoms with Crippen LogP contribution in [-0.2, 0) is 0 Å². The maximum absolute atomic E-state index is 6.04. The van der Waals surface area contributed by atoms with Gasteiger partial charge in [0.1, 0.15) is 11.5 Å². The highest BCUT2D eigenvalue weighted by Crippen LogP contribution is 2.29. The van der Waals surface area contributed by atoms with Crippen molar-refractivity contribution in [3.63, 3.8) is 0 Å². The quantitative estimate of drug-likeness (QED) is 0.330. The van der Waals surface area contributed by atoms with Crippen molar-refractivity contribution in [2.45, 2.75) is 26.7 Å². The number of nitrogens with two attached hydrogens (primary N) is 1. The average molecular weight is 475 g/mol. The Morgan fingerprint density at radius 1 is 1.24 bits per heavy atom. The van der Waals surface area contributed by atoms with Crippen molar-refractivity contribution >= 4 is 47.0 Å². The molecule has 1 heterocycles. The lowest BCUT2D eigenvalue weighted by Crippen LogP contribution is -2.24. The third-order valence-electron chi connectivity index (χ3n) is 3.39. The molecule has 0 spiro atoms. The summed E-state index contributed by atoms with van der Waals surface area (Å²) < 4.78 is 11.2. The molecule has 0 aliphatic rings. The molecule has 3 N–H and O–H groups in total. The van der Waals surface area contributed by atoms with Crippen LogP contribution in [0.2, 0.25) is 0 Å². The zero-order valence-corrected chi connectivity index (χ0v) is 18.0. The Bertz CT molecular complexity index is 662. The van der Waals surface area contributed by atoms with Crippen LogP contribution in [0.15, 0.2) is 40.7 Å². The first-order chi connectivity index (χ1) is 11.6. The Morgan fingerprint density at radius 2 is 2.00 bits per heavy atom. The Kier molecular flexibility index (Phi) is 9.66. The van der Waals surface area contributed by atoms with E-state index in [1.165, 1.54) is 4.88 Å². The van der Waals surface area contributed by atoms with Crippen LogP contribution in [0.3, 0.4) is 0 Å². The number of hydrogen-bond donors (Lipinski definition) is 2. The monoisotopic (exact) mass is 475 g/mol. The number of benzene rings is 1. The molecule has 1 atom stereocenters. The van der Waals surface area contributed by atoms with Crippen LogP contribution < -0.4 is 20.5 Å². The second-order valence-corrected chi connectivity index (χ2v) is 6.27. The van der Waals surface area contributed by atoms with Crippen molar-refractivity contribution in [1.82, 2.24) is 0 Å². The lowest BCUT2D eigenvalue weighted by atomic mass is 10.1. The molecule has 25 heavy (non-hydrogen) atoms. The van der Waals surface area contributed by atoms with E-state index < -0.39 is 0 Å². The molecule has 0 radical (unpaired) electrons. The Balaban J connectivity index is 0.00000312. The highest BCUT2D eigenvalue weighted by Gasteiger charge is 2.09. The molecule has 0 saturated heterocycles. The van der Waals surface area contributed by atoms with Gasteiger partial charge in [0, 0.05) is 16.9 Å². The van der Waals surface area contributed by atoms with Crippen LogP contribution in [-0.4, -0.2) is 25.7 Å². The molecule has 2 aromatic rings. The predicted octanol–water partition coefficient (Wildman–Crippen LogP) is 4.69. The number of nitrogens with one attached hydrogen (secondary N) is 1. The molecule has 138 valence electrons. The normalized spacial score (nSPS) is 12.2. The molecule has 5 nitrogen and oxygen atoms in total. The third kappa shape index (κ3) is 6.74. The maximum Gasteiger partial charge on any atom is 0.193 e. The molecule has 0 aliphatic heterocycles. The van der Waals surface area contributed by atoms with Gasteiger partial charge in [-0.15, -0.1) is 35.3 Å². The van der Waals surface area contributed by atoms with Gasteiger partial charge in [0.25, 0.3) is 0 Å². The molecule has 0 amide bonds. The minimum absolute atomic E-state index is 0. The number of thiophene rings is 1. The summed E-state index contributed by atoms with van der Waals surface area (Å²) in [5.74, 6) is 2.20. The number of guanidine groups is 1. The number of nitrogens with zero attached hydrogens (tertiary/aromatic N) is 1. The summed E-state index contributed by atoms with van der Waals surface area (Å²) in [6.07, 6.45) is 0. The molecular weight excluding hydrogens is 449 g/mol. The fourth-order valence-corrected chi connectivity index (χ4v) is 3.00. The summed E-state index contributed by atoms with van der Waals surface area (Å²) >= 11 is 1.74. The number of hydrogen-bond acceptors (Lipinski definition) is 4. The lowest BCUT2D eigenvalue weighted by molar-refractivity contribution is 0.332. The minimum Gasteiger partial charge on any atom is -0.494 e. The van der Waals surface area contributed by atoms with Crippen LogP contribution in [0, 0.1) is 0 Å². The van der Waals surface area contributed by atoms with Gasteiger partial charge in [-0.1, -0.05) is 13.0 Å². The highest BCUT2D eigenvalue weighted by molar-refractivity contribution is 14.0. The first kappa shape index (κ1) is 21.6. The highest BCUT2D eigenvalue weighted by atomic mass is 127. The number of halogens is 1. The van der Waals surface area contributed by atoms with Crippen LogP contribution in [0.1, 0.15) is 31.6 Å². The number of aliphatic imine (C=N–C) groups is 1. The largest absolute Gasteiger partial charge is 0.494 e.